The number of nitrogens with one attached hydrogen (secondary N) is 1. The molecular weight excluding hydrogens is 120 g/mol. The van der Waals surface area contributed by atoms with Gasteiger partial charge < -0.3 is 5.11 Å². The Hall–Kier alpha value is -1.03. The third kappa shape index (κ3) is 1.02. The fourth-order valence-corrected chi connectivity index (χ4v) is 0.630. The number of hydrogen-bond donors (Lipinski definition) is 2. The topological polar surface area (TPSA) is 58.0 Å². The molecule has 1 rings (SSSR count). The van der Waals surface area contributed by atoms with Crippen LogP contribution in [0, 0.1) is 0 Å². The first kappa shape index (κ1) is 6.10. The van der Waals surface area contributed by atoms with Crippen LogP contribution in [0.4, 0.5) is 0 Å². The molecule has 0 atom stereocenters. The van der Waals surface area contributed by atoms with E-state index in [1.165, 1.54) is 10.7 Å². The van der Waals surface area contributed by atoms with Crippen LogP contribution in [-0.2, 0) is 13.7 Å². The van der Waals surface area contributed by atoms with E-state index < -0.39 is 0 Å². The standard InChI is InChI=1S/C5H8N2O2/c1-7-5(9)2-4(3-8)6-7/h2,6,8H,3H2,1H3. The maximum atomic E-state index is 10.6. The van der Waals surface area contributed by atoms with Gasteiger partial charge in [-0.25, -0.2) is 0 Å². The van der Waals surface area contributed by atoms with E-state index in [0.717, 1.165) is 0 Å². The van der Waals surface area contributed by atoms with Crippen LogP contribution in [-0.4, -0.2) is 14.9 Å². The number of hydrogen-bond acceptors (Lipinski definition) is 2. The zero-order chi connectivity index (χ0) is 6.85. The SMILES string of the molecule is Cn1[nH]c(CO)cc1=O. The van der Waals surface area contributed by atoms with E-state index in [0.29, 0.717) is 5.69 Å². The average molecular weight is 128 g/mol. The molecule has 2 N–H and O–H groups in total. The highest BCUT2D eigenvalue weighted by molar-refractivity contribution is 4.96. The number of nitrogens with zero attached hydrogens (tertiary/aromatic N) is 1. The molecule has 0 amide bonds. The molecule has 0 aliphatic rings. The Labute approximate surface area is 51.7 Å². The molecule has 50 valence electrons. The highest BCUT2D eigenvalue weighted by Gasteiger charge is 1.94. The predicted molar refractivity (Wildman–Crippen MR) is 32.0 cm³/mol. The van der Waals surface area contributed by atoms with E-state index in [2.05, 4.69) is 5.10 Å². The first-order valence-corrected chi connectivity index (χ1v) is 2.60. The molecule has 0 saturated heterocycles. The Morgan fingerprint density at radius 1 is 1.89 bits per heavy atom. The van der Waals surface area contributed by atoms with Crippen molar-refractivity contribution in [1.29, 1.82) is 0 Å². The smallest absolute Gasteiger partial charge is 0.266 e. The Morgan fingerprint density at radius 2 is 2.56 bits per heavy atom. The van der Waals surface area contributed by atoms with Crippen LogP contribution >= 0.6 is 0 Å². The number of aliphatic hydroxyl groups is 1. The Kier molecular flexibility index (Phi) is 1.40. The van der Waals surface area contributed by atoms with Crippen LogP contribution in [0.1, 0.15) is 5.69 Å². The van der Waals surface area contributed by atoms with Crippen molar-refractivity contribution in [2.75, 3.05) is 0 Å². The molecule has 1 aromatic heterocycles. The highest BCUT2D eigenvalue weighted by Crippen LogP contribution is 1.85. The summed E-state index contributed by atoms with van der Waals surface area (Å²) in [5, 5.41) is 11.1. The third-order valence-electron chi connectivity index (χ3n) is 1.11. The summed E-state index contributed by atoms with van der Waals surface area (Å²) in [6.45, 7) is -0.115. The predicted octanol–water partition coefficient (Wildman–Crippen LogP) is -0.794. The largest absolute Gasteiger partial charge is 0.390 e. The van der Waals surface area contributed by atoms with Crippen LogP contribution in [0.2, 0.25) is 0 Å². The summed E-state index contributed by atoms with van der Waals surface area (Å²) < 4.78 is 1.31. The second kappa shape index (κ2) is 2.06. The van der Waals surface area contributed by atoms with Crippen LogP contribution in [0.3, 0.4) is 0 Å². The minimum Gasteiger partial charge on any atom is -0.390 e. The first-order chi connectivity index (χ1) is 4.24. The fraction of sp³-hybridized carbons (Fsp3) is 0.400. The van der Waals surface area contributed by atoms with Crippen molar-refractivity contribution in [1.82, 2.24) is 9.78 Å². The molecule has 4 heteroatoms. The van der Waals surface area contributed by atoms with Crippen molar-refractivity contribution >= 4 is 0 Å². The molecule has 0 spiro atoms. The normalized spacial score (nSPS) is 10.0. The van der Waals surface area contributed by atoms with Gasteiger partial charge in [0, 0.05) is 13.1 Å². The van der Waals surface area contributed by atoms with Crippen molar-refractivity contribution in [2.45, 2.75) is 6.61 Å². The van der Waals surface area contributed by atoms with E-state index in [4.69, 9.17) is 5.11 Å². The fourth-order valence-electron chi connectivity index (χ4n) is 0.630. The van der Waals surface area contributed by atoms with Gasteiger partial charge in [0.25, 0.3) is 5.56 Å². The summed E-state index contributed by atoms with van der Waals surface area (Å²) in [5.74, 6) is 0. The van der Waals surface area contributed by atoms with Gasteiger partial charge in [0.2, 0.25) is 0 Å². The molecule has 0 aromatic carbocycles. The number of aromatic nitrogens is 2. The van der Waals surface area contributed by atoms with E-state index in [1.807, 2.05) is 0 Å². The van der Waals surface area contributed by atoms with Gasteiger partial charge in [0.05, 0.1) is 12.3 Å². The average Bonchev–Trinajstić information content (AvgIpc) is 2.13. The second-order valence-electron chi connectivity index (χ2n) is 1.84. The summed E-state index contributed by atoms with van der Waals surface area (Å²) in [7, 11) is 1.60. The number of aliphatic hydroxyl groups excluding tert-OH is 1. The first-order valence-electron chi connectivity index (χ1n) is 2.60. The summed E-state index contributed by atoms with van der Waals surface area (Å²) in [4.78, 5) is 10.6. The molecule has 1 heterocycles. The highest BCUT2D eigenvalue weighted by atomic mass is 16.3. The lowest BCUT2D eigenvalue weighted by atomic mass is 10.5. The molecular formula is C5H8N2O2. The lowest BCUT2D eigenvalue weighted by Gasteiger charge is -1.86. The zero-order valence-corrected chi connectivity index (χ0v) is 5.09. The van der Waals surface area contributed by atoms with E-state index in [-0.39, 0.29) is 12.2 Å². The Bertz CT molecular complexity index is 248. The summed E-state index contributed by atoms with van der Waals surface area (Å²) in [5.41, 5.74) is 0.418. The molecule has 0 aliphatic carbocycles. The molecule has 0 radical (unpaired) electrons. The van der Waals surface area contributed by atoms with Crippen molar-refractivity contribution in [3.05, 3.63) is 22.1 Å². The van der Waals surface area contributed by atoms with Crippen LogP contribution in [0.5, 0.6) is 0 Å². The lowest BCUT2D eigenvalue weighted by molar-refractivity contribution is 0.275. The van der Waals surface area contributed by atoms with Gasteiger partial charge in [-0.1, -0.05) is 0 Å². The minimum atomic E-state index is -0.126. The molecule has 0 aliphatic heterocycles. The van der Waals surface area contributed by atoms with Crippen LogP contribution in [0.25, 0.3) is 0 Å². The van der Waals surface area contributed by atoms with Gasteiger partial charge in [0.15, 0.2) is 0 Å². The van der Waals surface area contributed by atoms with Crippen molar-refractivity contribution < 1.29 is 5.11 Å². The van der Waals surface area contributed by atoms with Crippen LogP contribution < -0.4 is 5.56 Å². The summed E-state index contributed by atoms with van der Waals surface area (Å²) in [6, 6.07) is 1.36. The monoisotopic (exact) mass is 128 g/mol. The third-order valence-corrected chi connectivity index (χ3v) is 1.11. The molecule has 0 bridgehead atoms. The molecule has 0 saturated carbocycles. The van der Waals surface area contributed by atoms with Gasteiger partial charge in [-0.3, -0.25) is 14.6 Å². The maximum Gasteiger partial charge on any atom is 0.266 e. The van der Waals surface area contributed by atoms with E-state index >= 15 is 0 Å². The van der Waals surface area contributed by atoms with Gasteiger partial charge in [-0.05, 0) is 0 Å². The number of aryl methyl sites for hydroxylation is 1. The quantitative estimate of drug-likeness (QED) is 0.520. The lowest BCUT2D eigenvalue weighted by Crippen LogP contribution is -2.09. The number of rotatable bonds is 1. The van der Waals surface area contributed by atoms with Crippen molar-refractivity contribution in [2.24, 2.45) is 7.05 Å². The minimum absolute atomic E-state index is 0.115. The molecule has 0 fully saturated rings. The van der Waals surface area contributed by atoms with Gasteiger partial charge in [0.1, 0.15) is 0 Å². The zero-order valence-electron chi connectivity index (χ0n) is 5.09. The Balaban J connectivity index is 3.13. The van der Waals surface area contributed by atoms with E-state index in [9.17, 15) is 4.79 Å². The van der Waals surface area contributed by atoms with Gasteiger partial charge in [-0.2, -0.15) is 0 Å². The molecule has 0 unspecified atom stereocenters. The number of aromatic amines is 1. The number of H-pyrrole nitrogens is 1. The van der Waals surface area contributed by atoms with Crippen molar-refractivity contribution in [3.63, 3.8) is 0 Å². The summed E-state index contributed by atoms with van der Waals surface area (Å²) in [6.07, 6.45) is 0. The molecule has 9 heavy (non-hydrogen) atoms. The van der Waals surface area contributed by atoms with E-state index in [1.54, 1.807) is 7.05 Å². The van der Waals surface area contributed by atoms with Crippen molar-refractivity contribution in [3.8, 4) is 0 Å². The summed E-state index contributed by atoms with van der Waals surface area (Å²) >= 11 is 0. The molecule has 1 aromatic rings. The molecule has 4 nitrogen and oxygen atoms in total. The van der Waals surface area contributed by atoms with Gasteiger partial charge >= 0.3 is 0 Å². The Morgan fingerprint density at radius 3 is 2.78 bits per heavy atom. The van der Waals surface area contributed by atoms with Gasteiger partial charge in [-0.15, -0.1) is 0 Å². The van der Waals surface area contributed by atoms with Crippen LogP contribution in [0.15, 0.2) is 10.9 Å². The second-order valence-corrected chi connectivity index (χ2v) is 1.84. The maximum absolute atomic E-state index is 10.6.